The van der Waals surface area contributed by atoms with Crippen molar-refractivity contribution in [1.82, 2.24) is 4.98 Å². The van der Waals surface area contributed by atoms with Gasteiger partial charge in [0.1, 0.15) is 0 Å². The molecule has 0 aliphatic heterocycles. The molecule has 4 rings (SSSR count). The molecule has 2 N–H and O–H groups in total. The Kier molecular flexibility index (Phi) is 5.82. The molecule has 5 heteroatoms. The zero-order valence-electron chi connectivity index (χ0n) is 18.0. The van der Waals surface area contributed by atoms with Crippen molar-refractivity contribution in [3.05, 3.63) is 84.1 Å². The number of aromatic nitrogens is 1. The molecular formula is C26H28N2O2S. The predicted octanol–water partition coefficient (Wildman–Crippen LogP) is 5.91. The van der Waals surface area contributed by atoms with Crippen LogP contribution in [0.4, 0.5) is 0 Å². The number of nitrogens with two attached hydrogens (primary N) is 1. The highest BCUT2D eigenvalue weighted by molar-refractivity contribution is 7.89. The monoisotopic (exact) mass is 432 g/mol. The van der Waals surface area contributed by atoms with Crippen molar-refractivity contribution in [2.24, 2.45) is 10.6 Å². The summed E-state index contributed by atoms with van der Waals surface area (Å²) < 4.78 is 23.3. The largest absolute Gasteiger partial charge is 0.256 e. The standard InChI is InChI=1S/C26H28N2O2S/c1-3-26(4-2)17-23(19-8-10-21(11-9-19)25-7-5-6-16-28-25)24(18-26)20-12-14-22(15-13-20)31(27,29)30/h5-16H,3-4,17-18H2,1-2H3,(H2,27,29,30). The Bertz CT molecular complexity index is 1190. The average molecular weight is 433 g/mol. The van der Waals surface area contributed by atoms with Gasteiger partial charge in [0.25, 0.3) is 0 Å². The Hall–Kier alpha value is -2.76. The summed E-state index contributed by atoms with van der Waals surface area (Å²) in [6.07, 6.45) is 6.04. The molecule has 0 amide bonds. The number of hydrogen-bond donors (Lipinski definition) is 1. The summed E-state index contributed by atoms with van der Waals surface area (Å²) in [5.74, 6) is 0. The zero-order valence-corrected chi connectivity index (χ0v) is 18.8. The number of rotatable bonds is 6. The molecule has 0 bridgehead atoms. The fourth-order valence-corrected chi connectivity index (χ4v) is 5.07. The third kappa shape index (κ3) is 4.34. The molecular weight excluding hydrogens is 404 g/mol. The Morgan fingerprint density at radius 2 is 1.32 bits per heavy atom. The number of sulfonamides is 1. The summed E-state index contributed by atoms with van der Waals surface area (Å²) in [5.41, 5.74) is 7.23. The van der Waals surface area contributed by atoms with E-state index in [0.29, 0.717) is 0 Å². The minimum atomic E-state index is -3.69. The van der Waals surface area contributed by atoms with Crippen molar-refractivity contribution in [3.8, 4) is 11.3 Å². The molecule has 0 saturated heterocycles. The number of benzene rings is 2. The smallest absolute Gasteiger partial charge is 0.238 e. The van der Waals surface area contributed by atoms with Gasteiger partial charge in [0, 0.05) is 11.8 Å². The first-order valence-electron chi connectivity index (χ1n) is 10.7. The summed E-state index contributed by atoms with van der Waals surface area (Å²) in [7, 11) is -3.69. The van der Waals surface area contributed by atoms with Gasteiger partial charge in [0.2, 0.25) is 10.0 Å². The molecule has 0 fully saturated rings. The van der Waals surface area contributed by atoms with Crippen LogP contribution in [-0.4, -0.2) is 13.4 Å². The lowest BCUT2D eigenvalue weighted by Crippen LogP contribution is -2.14. The molecule has 2 aromatic carbocycles. The lowest BCUT2D eigenvalue weighted by Gasteiger charge is -2.27. The molecule has 160 valence electrons. The quantitative estimate of drug-likeness (QED) is 0.526. The summed E-state index contributed by atoms with van der Waals surface area (Å²) >= 11 is 0. The number of nitrogens with zero attached hydrogens (tertiary/aromatic N) is 1. The van der Waals surface area contributed by atoms with Gasteiger partial charge in [-0.05, 0) is 77.6 Å². The van der Waals surface area contributed by atoms with Crippen molar-refractivity contribution in [3.63, 3.8) is 0 Å². The van der Waals surface area contributed by atoms with E-state index in [4.69, 9.17) is 5.14 Å². The molecule has 0 atom stereocenters. The van der Waals surface area contributed by atoms with Gasteiger partial charge in [0.05, 0.1) is 10.6 Å². The average Bonchev–Trinajstić information content (AvgIpc) is 3.20. The molecule has 1 aromatic heterocycles. The van der Waals surface area contributed by atoms with Gasteiger partial charge >= 0.3 is 0 Å². The van der Waals surface area contributed by atoms with Crippen LogP contribution in [0.3, 0.4) is 0 Å². The molecule has 4 nitrogen and oxygen atoms in total. The molecule has 3 aromatic rings. The molecule has 0 spiro atoms. The zero-order chi connectivity index (χ0) is 22.1. The van der Waals surface area contributed by atoms with Gasteiger partial charge in [-0.2, -0.15) is 0 Å². The second-order valence-electron chi connectivity index (χ2n) is 8.38. The maximum Gasteiger partial charge on any atom is 0.238 e. The molecule has 1 heterocycles. The number of allylic oxidation sites excluding steroid dienone is 2. The lowest BCUT2D eigenvalue weighted by atomic mass is 9.78. The molecule has 31 heavy (non-hydrogen) atoms. The van der Waals surface area contributed by atoms with E-state index >= 15 is 0 Å². The van der Waals surface area contributed by atoms with Crippen molar-refractivity contribution in [1.29, 1.82) is 0 Å². The fourth-order valence-electron chi connectivity index (χ4n) is 4.55. The highest BCUT2D eigenvalue weighted by Crippen LogP contribution is 2.53. The van der Waals surface area contributed by atoms with Crippen LogP contribution in [0.15, 0.2) is 77.8 Å². The molecule has 0 saturated carbocycles. The van der Waals surface area contributed by atoms with Gasteiger partial charge in [-0.1, -0.05) is 56.3 Å². The van der Waals surface area contributed by atoms with E-state index < -0.39 is 10.0 Å². The van der Waals surface area contributed by atoms with Crippen LogP contribution < -0.4 is 5.14 Å². The summed E-state index contributed by atoms with van der Waals surface area (Å²) in [6.45, 7) is 4.52. The van der Waals surface area contributed by atoms with Crippen LogP contribution in [0, 0.1) is 5.41 Å². The number of hydrogen-bond acceptors (Lipinski definition) is 3. The van der Waals surface area contributed by atoms with Crippen molar-refractivity contribution in [2.45, 2.75) is 44.4 Å². The lowest BCUT2D eigenvalue weighted by molar-refractivity contribution is 0.291. The van der Waals surface area contributed by atoms with Crippen LogP contribution in [-0.2, 0) is 10.0 Å². The molecule has 0 radical (unpaired) electrons. The van der Waals surface area contributed by atoms with Crippen LogP contribution in [0.2, 0.25) is 0 Å². The van der Waals surface area contributed by atoms with Crippen molar-refractivity contribution in [2.75, 3.05) is 0 Å². The van der Waals surface area contributed by atoms with Crippen molar-refractivity contribution < 1.29 is 8.42 Å². The van der Waals surface area contributed by atoms with Crippen molar-refractivity contribution >= 4 is 21.2 Å². The van der Waals surface area contributed by atoms with Crippen LogP contribution >= 0.6 is 0 Å². The Labute approximate surface area is 184 Å². The van der Waals surface area contributed by atoms with E-state index in [0.717, 1.165) is 42.5 Å². The predicted molar refractivity (Wildman–Crippen MR) is 127 cm³/mol. The highest BCUT2D eigenvalue weighted by Gasteiger charge is 2.36. The van der Waals surface area contributed by atoms with E-state index in [2.05, 4.69) is 43.1 Å². The second kappa shape index (κ2) is 8.40. The van der Waals surface area contributed by atoms with Crippen LogP contribution in [0.5, 0.6) is 0 Å². The Morgan fingerprint density at radius 3 is 1.77 bits per heavy atom. The van der Waals surface area contributed by atoms with E-state index in [1.54, 1.807) is 12.1 Å². The third-order valence-electron chi connectivity index (χ3n) is 6.69. The maximum atomic E-state index is 11.7. The number of pyridine rings is 1. The van der Waals surface area contributed by atoms with Gasteiger partial charge in [-0.25, -0.2) is 13.6 Å². The minimum absolute atomic E-state index is 0.147. The number of primary sulfonamides is 1. The summed E-state index contributed by atoms with van der Waals surface area (Å²) in [6, 6.07) is 21.5. The third-order valence-corrected chi connectivity index (χ3v) is 7.62. The summed E-state index contributed by atoms with van der Waals surface area (Å²) in [5, 5.41) is 5.28. The van der Waals surface area contributed by atoms with Crippen LogP contribution in [0.25, 0.3) is 22.4 Å². The summed E-state index contributed by atoms with van der Waals surface area (Å²) in [4.78, 5) is 4.59. The Balaban J connectivity index is 1.75. The van der Waals surface area contributed by atoms with E-state index in [1.807, 2.05) is 36.5 Å². The molecule has 1 aliphatic carbocycles. The normalized spacial score (nSPS) is 16.0. The van der Waals surface area contributed by atoms with Crippen LogP contribution in [0.1, 0.15) is 50.7 Å². The minimum Gasteiger partial charge on any atom is -0.256 e. The van der Waals surface area contributed by atoms with Gasteiger partial charge in [-0.15, -0.1) is 0 Å². The fraction of sp³-hybridized carbons (Fsp3) is 0.269. The highest BCUT2D eigenvalue weighted by atomic mass is 32.2. The Morgan fingerprint density at radius 1 is 0.806 bits per heavy atom. The first-order valence-corrected chi connectivity index (χ1v) is 12.3. The van der Waals surface area contributed by atoms with E-state index in [9.17, 15) is 8.42 Å². The first kappa shape index (κ1) is 21.5. The molecule has 0 unspecified atom stereocenters. The van der Waals surface area contributed by atoms with Gasteiger partial charge < -0.3 is 0 Å². The van der Waals surface area contributed by atoms with Gasteiger partial charge in [-0.3, -0.25) is 4.98 Å². The van der Waals surface area contributed by atoms with E-state index in [1.165, 1.54) is 16.7 Å². The van der Waals surface area contributed by atoms with Gasteiger partial charge in [0.15, 0.2) is 0 Å². The van der Waals surface area contributed by atoms with E-state index in [-0.39, 0.29) is 10.3 Å². The first-order chi connectivity index (χ1) is 14.8. The topological polar surface area (TPSA) is 73.0 Å². The SMILES string of the molecule is CCC1(CC)CC(c2ccc(-c3ccccn3)cc2)=C(c2ccc(S(N)(=O)=O)cc2)C1. The second-order valence-corrected chi connectivity index (χ2v) is 9.94. The molecule has 1 aliphatic rings. The maximum absolute atomic E-state index is 11.7.